The minimum absolute atomic E-state index is 0.241. The van der Waals surface area contributed by atoms with Crippen LogP contribution in [0.3, 0.4) is 0 Å². The molecule has 1 aliphatic rings. The highest BCUT2D eigenvalue weighted by Gasteiger charge is 2.16. The second-order valence-corrected chi connectivity index (χ2v) is 4.89. The summed E-state index contributed by atoms with van der Waals surface area (Å²) in [6.45, 7) is 0.754. The van der Waals surface area contributed by atoms with Gasteiger partial charge in [0.25, 0.3) is 0 Å². The van der Waals surface area contributed by atoms with Gasteiger partial charge in [-0.1, -0.05) is 12.8 Å². The van der Waals surface area contributed by atoms with E-state index in [1.807, 2.05) is 0 Å². The molecule has 0 aromatic heterocycles. The predicted molar refractivity (Wildman–Crippen MR) is 61.6 cm³/mol. The van der Waals surface area contributed by atoms with Crippen molar-refractivity contribution < 1.29 is 9.13 Å². The molecule has 0 amide bonds. The molecule has 1 aromatic carbocycles. The molecule has 2 rings (SSSR count). The van der Waals surface area contributed by atoms with Crippen LogP contribution in [0.5, 0.6) is 5.75 Å². The first kappa shape index (κ1) is 10.9. The summed E-state index contributed by atoms with van der Waals surface area (Å²) >= 11 is 3.29. The molecule has 1 aromatic rings. The van der Waals surface area contributed by atoms with Crippen molar-refractivity contribution in [2.75, 3.05) is 6.61 Å². The van der Waals surface area contributed by atoms with Crippen molar-refractivity contribution in [2.24, 2.45) is 5.92 Å². The number of hydrogen-bond acceptors (Lipinski definition) is 1. The number of hydrogen-bond donors (Lipinski definition) is 0. The molecule has 0 bridgehead atoms. The third kappa shape index (κ3) is 2.94. The maximum Gasteiger partial charge on any atom is 0.133 e. The van der Waals surface area contributed by atoms with Gasteiger partial charge in [-0.2, -0.15) is 0 Å². The zero-order chi connectivity index (χ0) is 10.7. The van der Waals surface area contributed by atoms with Gasteiger partial charge in [0.1, 0.15) is 11.6 Å². The van der Waals surface area contributed by atoms with Crippen molar-refractivity contribution in [3.05, 3.63) is 28.5 Å². The maximum atomic E-state index is 12.8. The Morgan fingerprint density at radius 3 is 2.73 bits per heavy atom. The fourth-order valence-electron chi connectivity index (χ4n) is 1.98. The van der Waals surface area contributed by atoms with Crippen molar-refractivity contribution in [1.29, 1.82) is 0 Å². The third-order valence-corrected chi connectivity index (χ3v) is 3.46. The average Bonchev–Trinajstić information content (AvgIpc) is 2.69. The highest BCUT2D eigenvalue weighted by Crippen LogP contribution is 2.29. The SMILES string of the molecule is Fc1ccc(OCC2CCCC2)c(Br)c1. The van der Waals surface area contributed by atoms with E-state index in [4.69, 9.17) is 4.74 Å². The van der Waals surface area contributed by atoms with E-state index in [1.165, 1.54) is 37.8 Å². The normalized spacial score (nSPS) is 16.9. The quantitative estimate of drug-likeness (QED) is 0.803. The molecule has 0 heterocycles. The van der Waals surface area contributed by atoms with Gasteiger partial charge in [0.15, 0.2) is 0 Å². The minimum atomic E-state index is -0.241. The monoisotopic (exact) mass is 272 g/mol. The van der Waals surface area contributed by atoms with Crippen molar-refractivity contribution in [2.45, 2.75) is 25.7 Å². The summed E-state index contributed by atoms with van der Waals surface area (Å²) in [4.78, 5) is 0. The van der Waals surface area contributed by atoms with Crippen LogP contribution in [0.25, 0.3) is 0 Å². The van der Waals surface area contributed by atoms with Gasteiger partial charge in [0.05, 0.1) is 11.1 Å². The molecule has 1 saturated carbocycles. The smallest absolute Gasteiger partial charge is 0.133 e. The van der Waals surface area contributed by atoms with E-state index in [0.717, 1.165) is 12.4 Å². The zero-order valence-corrected chi connectivity index (χ0v) is 10.1. The van der Waals surface area contributed by atoms with E-state index in [2.05, 4.69) is 15.9 Å². The first-order valence-corrected chi connectivity index (χ1v) is 6.13. The molecule has 0 N–H and O–H groups in total. The van der Waals surface area contributed by atoms with E-state index in [0.29, 0.717) is 10.4 Å². The Morgan fingerprint density at radius 2 is 2.07 bits per heavy atom. The summed E-state index contributed by atoms with van der Waals surface area (Å²) in [6.07, 6.45) is 5.16. The summed E-state index contributed by atoms with van der Waals surface area (Å²) in [6, 6.07) is 4.53. The van der Waals surface area contributed by atoms with E-state index in [9.17, 15) is 4.39 Å². The summed E-state index contributed by atoms with van der Waals surface area (Å²) in [7, 11) is 0. The van der Waals surface area contributed by atoms with Crippen molar-refractivity contribution >= 4 is 15.9 Å². The fourth-order valence-corrected chi connectivity index (χ4v) is 2.44. The molecular weight excluding hydrogens is 259 g/mol. The highest BCUT2D eigenvalue weighted by atomic mass is 79.9. The molecule has 1 nitrogen and oxygen atoms in total. The Morgan fingerprint density at radius 1 is 1.33 bits per heavy atom. The Hall–Kier alpha value is -0.570. The Kier molecular flexibility index (Phi) is 3.62. The molecule has 0 radical (unpaired) electrons. The molecule has 1 fully saturated rings. The van der Waals surface area contributed by atoms with Crippen LogP contribution in [0, 0.1) is 11.7 Å². The molecule has 0 spiro atoms. The van der Waals surface area contributed by atoms with Crippen molar-refractivity contribution in [3.63, 3.8) is 0 Å². The number of benzene rings is 1. The van der Waals surface area contributed by atoms with Gasteiger partial charge >= 0.3 is 0 Å². The lowest BCUT2D eigenvalue weighted by Gasteiger charge is -2.12. The number of rotatable bonds is 3. The molecule has 0 saturated heterocycles. The largest absolute Gasteiger partial charge is 0.492 e. The Labute approximate surface area is 97.8 Å². The van der Waals surface area contributed by atoms with Gasteiger partial charge in [-0.3, -0.25) is 0 Å². The van der Waals surface area contributed by atoms with Crippen LogP contribution in [-0.4, -0.2) is 6.61 Å². The first-order valence-electron chi connectivity index (χ1n) is 5.33. The van der Waals surface area contributed by atoms with Gasteiger partial charge < -0.3 is 4.74 Å². The van der Waals surface area contributed by atoms with Gasteiger partial charge in [0.2, 0.25) is 0 Å². The lowest BCUT2D eigenvalue weighted by Crippen LogP contribution is -2.08. The zero-order valence-electron chi connectivity index (χ0n) is 8.51. The average molecular weight is 273 g/mol. The molecular formula is C12H14BrFO. The third-order valence-electron chi connectivity index (χ3n) is 2.84. The molecule has 0 unspecified atom stereocenters. The van der Waals surface area contributed by atoms with E-state index in [-0.39, 0.29) is 5.82 Å². The lowest BCUT2D eigenvalue weighted by atomic mass is 10.1. The van der Waals surface area contributed by atoms with Gasteiger partial charge in [0, 0.05) is 0 Å². The highest BCUT2D eigenvalue weighted by molar-refractivity contribution is 9.10. The molecule has 0 atom stereocenters. The topological polar surface area (TPSA) is 9.23 Å². The standard InChI is InChI=1S/C12H14BrFO/c13-11-7-10(14)5-6-12(11)15-8-9-3-1-2-4-9/h5-7,9H,1-4,8H2. The van der Waals surface area contributed by atoms with Crippen LogP contribution >= 0.6 is 15.9 Å². The summed E-state index contributed by atoms with van der Waals surface area (Å²) < 4.78 is 19.2. The van der Waals surface area contributed by atoms with Crippen LogP contribution in [0.15, 0.2) is 22.7 Å². The summed E-state index contributed by atoms with van der Waals surface area (Å²) in [5.41, 5.74) is 0. The van der Waals surface area contributed by atoms with Gasteiger partial charge in [-0.15, -0.1) is 0 Å². The Bertz CT molecular complexity index is 334. The van der Waals surface area contributed by atoms with Gasteiger partial charge in [-0.05, 0) is 52.9 Å². The van der Waals surface area contributed by atoms with E-state index in [1.54, 1.807) is 6.07 Å². The lowest BCUT2D eigenvalue weighted by molar-refractivity contribution is 0.250. The first-order chi connectivity index (χ1) is 7.25. The van der Waals surface area contributed by atoms with Crippen LogP contribution in [0.2, 0.25) is 0 Å². The predicted octanol–water partition coefficient (Wildman–Crippen LogP) is 4.16. The maximum absolute atomic E-state index is 12.8. The van der Waals surface area contributed by atoms with E-state index >= 15 is 0 Å². The molecule has 3 heteroatoms. The Balaban J connectivity index is 1.92. The molecule has 15 heavy (non-hydrogen) atoms. The summed E-state index contributed by atoms with van der Waals surface area (Å²) in [5.74, 6) is 1.18. The second kappa shape index (κ2) is 4.97. The van der Waals surface area contributed by atoms with Crippen molar-refractivity contribution in [1.82, 2.24) is 0 Å². The van der Waals surface area contributed by atoms with Crippen molar-refractivity contribution in [3.8, 4) is 5.75 Å². The molecule has 0 aliphatic heterocycles. The number of ether oxygens (including phenoxy) is 1. The molecule has 82 valence electrons. The second-order valence-electron chi connectivity index (χ2n) is 4.04. The van der Waals surface area contributed by atoms with Crippen LogP contribution < -0.4 is 4.74 Å². The number of halogens is 2. The van der Waals surface area contributed by atoms with Crippen LogP contribution in [-0.2, 0) is 0 Å². The van der Waals surface area contributed by atoms with Gasteiger partial charge in [-0.25, -0.2) is 4.39 Å². The molecule has 1 aliphatic carbocycles. The summed E-state index contributed by atoms with van der Waals surface area (Å²) in [5, 5.41) is 0. The van der Waals surface area contributed by atoms with Crippen LogP contribution in [0.4, 0.5) is 4.39 Å². The fraction of sp³-hybridized carbons (Fsp3) is 0.500. The van der Waals surface area contributed by atoms with E-state index < -0.39 is 0 Å². The van der Waals surface area contributed by atoms with Crippen LogP contribution in [0.1, 0.15) is 25.7 Å². The minimum Gasteiger partial charge on any atom is -0.492 e.